The van der Waals surface area contributed by atoms with Crippen LogP contribution >= 0.6 is 11.8 Å². The van der Waals surface area contributed by atoms with Gasteiger partial charge in [0.2, 0.25) is 5.91 Å². The molecule has 3 saturated carbocycles. The molecule has 3 aliphatic rings. The molecule has 3 aliphatic carbocycles. The SMILES string of the molecule is C[C@@H]1CC[C@@]23CCC(=O)[C@H]2[C@]1(C)[C@H](OC(=O)CSc1ccc(CC(=O)NCCCN)cc1)C[C@](C)(CN)[C@@H](O)[C@@H]3C. The van der Waals surface area contributed by atoms with Crippen LogP contribution in [0.1, 0.15) is 71.8 Å². The number of rotatable bonds is 10. The van der Waals surface area contributed by atoms with Gasteiger partial charge in [-0.25, -0.2) is 0 Å². The van der Waals surface area contributed by atoms with E-state index in [0.29, 0.717) is 32.4 Å². The minimum absolute atomic E-state index is 0.0409. The number of hydrogen-bond acceptors (Lipinski definition) is 8. The number of Topliss-reactive ketones (excluding diaryl/α,β-unsaturated/α-hetero) is 1. The molecular weight excluding hydrogens is 538 g/mol. The van der Waals surface area contributed by atoms with Crippen molar-refractivity contribution in [2.75, 3.05) is 25.4 Å². The van der Waals surface area contributed by atoms with Crippen molar-refractivity contribution in [1.82, 2.24) is 5.32 Å². The number of nitrogens with two attached hydrogens (primary N) is 2. The van der Waals surface area contributed by atoms with Crippen LogP contribution in [-0.2, 0) is 25.5 Å². The van der Waals surface area contributed by atoms with Gasteiger partial charge in [-0.05, 0) is 73.6 Å². The molecule has 0 saturated heterocycles. The van der Waals surface area contributed by atoms with E-state index in [1.165, 1.54) is 11.8 Å². The smallest absolute Gasteiger partial charge is 0.316 e. The predicted molar refractivity (Wildman–Crippen MR) is 161 cm³/mol. The van der Waals surface area contributed by atoms with Crippen molar-refractivity contribution < 1.29 is 24.2 Å². The molecule has 0 spiro atoms. The lowest BCUT2D eigenvalue weighted by atomic mass is 9.44. The van der Waals surface area contributed by atoms with Gasteiger partial charge in [0, 0.05) is 41.2 Å². The monoisotopic (exact) mass is 587 g/mol. The Bertz CT molecular complexity index is 1120. The van der Waals surface area contributed by atoms with Crippen molar-refractivity contribution in [3.05, 3.63) is 29.8 Å². The van der Waals surface area contributed by atoms with E-state index >= 15 is 0 Å². The lowest BCUT2D eigenvalue weighted by Gasteiger charge is -2.62. The van der Waals surface area contributed by atoms with Crippen LogP contribution in [0.2, 0.25) is 0 Å². The molecule has 0 radical (unpaired) electrons. The third-order valence-corrected chi connectivity index (χ3v) is 12.0. The number of ketones is 1. The number of aliphatic hydroxyl groups is 1. The Balaban J connectivity index is 1.48. The number of thioether (sulfide) groups is 1. The van der Waals surface area contributed by atoms with Crippen LogP contribution in [0.25, 0.3) is 0 Å². The molecule has 8 atom stereocenters. The molecule has 8 nitrogen and oxygen atoms in total. The number of carbonyl (C=O) groups is 3. The van der Waals surface area contributed by atoms with Crippen LogP contribution in [0.3, 0.4) is 0 Å². The largest absolute Gasteiger partial charge is 0.461 e. The summed E-state index contributed by atoms with van der Waals surface area (Å²) < 4.78 is 6.32. The van der Waals surface area contributed by atoms with Crippen LogP contribution in [0.15, 0.2) is 29.2 Å². The molecular formula is C32H49N3O5S. The fourth-order valence-electron chi connectivity index (χ4n) is 8.17. The molecule has 0 aliphatic heterocycles. The third-order valence-electron chi connectivity index (χ3n) is 11.0. The fraction of sp³-hybridized carbons (Fsp3) is 0.719. The first-order valence-electron chi connectivity index (χ1n) is 15.2. The zero-order valence-corrected chi connectivity index (χ0v) is 25.9. The van der Waals surface area contributed by atoms with Gasteiger partial charge < -0.3 is 26.6 Å². The summed E-state index contributed by atoms with van der Waals surface area (Å²) in [6.07, 6.45) is 3.40. The average molecular weight is 588 g/mol. The number of benzene rings is 1. The van der Waals surface area contributed by atoms with E-state index in [1.807, 2.05) is 31.2 Å². The number of carbonyl (C=O) groups excluding carboxylic acids is 3. The van der Waals surface area contributed by atoms with Crippen molar-refractivity contribution in [2.45, 2.75) is 89.7 Å². The Kier molecular flexibility index (Phi) is 9.94. The Morgan fingerprint density at radius 3 is 2.51 bits per heavy atom. The normalized spacial score (nSPS) is 36.7. The lowest BCUT2D eigenvalue weighted by Crippen LogP contribution is -2.64. The highest BCUT2D eigenvalue weighted by Gasteiger charge is 2.68. The van der Waals surface area contributed by atoms with Crippen LogP contribution in [0, 0.1) is 34.0 Å². The first-order chi connectivity index (χ1) is 19.4. The van der Waals surface area contributed by atoms with E-state index < -0.39 is 23.0 Å². The molecule has 3 fully saturated rings. The number of amides is 1. The summed E-state index contributed by atoms with van der Waals surface area (Å²) in [5.41, 5.74) is 11.2. The molecule has 41 heavy (non-hydrogen) atoms. The van der Waals surface area contributed by atoms with Gasteiger partial charge in [-0.3, -0.25) is 14.4 Å². The Morgan fingerprint density at radius 1 is 1.15 bits per heavy atom. The van der Waals surface area contributed by atoms with E-state index in [1.54, 1.807) is 0 Å². The van der Waals surface area contributed by atoms with Gasteiger partial charge in [0.25, 0.3) is 0 Å². The maximum Gasteiger partial charge on any atom is 0.316 e. The number of ether oxygens (including phenoxy) is 1. The van der Waals surface area contributed by atoms with Crippen molar-refractivity contribution in [3.63, 3.8) is 0 Å². The summed E-state index contributed by atoms with van der Waals surface area (Å²) in [6, 6.07) is 7.62. The van der Waals surface area contributed by atoms with Gasteiger partial charge in [-0.2, -0.15) is 0 Å². The highest BCUT2D eigenvalue weighted by Crippen LogP contribution is 2.67. The van der Waals surface area contributed by atoms with E-state index in [4.69, 9.17) is 16.2 Å². The first kappa shape index (κ1) is 32.0. The van der Waals surface area contributed by atoms with Crippen molar-refractivity contribution in [2.24, 2.45) is 45.5 Å². The topological polar surface area (TPSA) is 145 Å². The zero-order chi connectivity index (χ0) is 30.0. The number of nitrogens with one attached hydrogen (secondary N) is 1. The van der Waals surface area contributed by atoms with Gasteiger partial charge in [-0.15, -0.1) is 11.8 Å². The minimum Gasteiger partial charge on any atom is -0.461 e. The Labute approximate surface area is 249 Å². The maximum atomic E-state index is 13.5. The van der Waals surface area contributed by atoms with Gasteiger partial charge in [0.05, 0.1) is 18.3 Å². The highest BCUT2D eigenvalue weighted by molar-refractivity contribution is 8.00. The van der Waals surface area contributed by atoms with Crippen molar-refractivity contribution in [1.29, 1.82) is 0 Å². The summed E-state index contributed by atoms with van der Waals surface area (Å²) in [4.78, 5) is 39.9. The second-order valence-electron chi connectivity index (χ2n) is 13.3. The molecule has 0 aromatic heterocycles. The van der Waals surface area contributed by atoms with Gasteiger partial charge >= 0.3 is 5.97 Å². The molecule has 6 N–H and O–H groups in total. The van der Waals surface area contributed by atoms with Crippen LogP contribution in [-0.4, -0.2) is 60.4 Å². The number of hydrogen-bond donors (Lipinski definition) is 4. The molecule has 2 bridgehead atoms. The van der Waals surface area contributed by atoms with Gasteiger partial charge in [0.15, 0.2) is 0 Å². The third kappa shape index (κ3) is 6.10. The summed E-state index contributed by atoms with van der Waals surface area (Å²) in [6.45, 7) is 9.83. The van der Waals surface area contributed by atoms with E-state index in [9.17, 15) is 19.5 Å². The first-order valence-corrected chi connectivity index (χ1v) is 16.2. The summed E-state index contributed by atoms with van der Waals surface area (Å²) >= 11 is 1.39. The Hall–Kier alpha value is -1.94. The minimum atomic E-state index is -0.685. The van der Waals surface area contributed by atoms with Crippen molar-refractivity contribution in [3.8, 4) is 0 Å². The van der Waals surface area contributed by atoms with E-state index in [2.05, 4.69) is 26.1 Å². The van der Waals surface area contributed by atoms with E-state index in [0.717, 1.165) is 36.1 Å². The molecule has 228 valence electrons. The van der Waals surface area contributed by atoms with Crippen molar-refractivity contribution >= 4 is 29.4 Å². The molecule has 1 aromatic carbocycles. The lowest BCUT2D eigenvalue weighted by molar-refractivity contribution is -0.209. The van der Waals surface area contributed by atoms with Crippen LogP contribution in [0.5, 0.6) is 0 Å². The average Bonchev–Trinajstić information content (AvgIpc) is 3.31. The molecule has 0 unspecified atom stereocenters. The maximum absolute atomic E-state index is 13.5. The molecule has 1 amide bonds. The molecule has 0 heterocycles. The molecule has 9 heteroatoms. The quantitative estimate of drug-likeness (QED) is 0.185. The zero-order valence-electron chi connectivity index (χ0n) is 25.1. The van der Waals surface area contributed by atoms with E-state index in [-0.39, 0.29) is 53.1 Å². The van der Waals surface area contributed by atoms with Crippen LogP contribution in [0.4, 0.5) is 0 Å². The van der Waals surface area contributed by atoms with Gasteiger partial charge in [0.1, 0.15) is 11.9 Å². The predicted octanol–water partition coefficient (Wildman–Crippen LogP) is 3.47. The number of esters is 1. The number of aliphatic hydroxyl groups excluding tert-OH is 1. The standard InChI is InChI=1S/C32H49N3O5S/c1-20-10-12-32-13-11-24(36)28(32)31(20,4)25(17-30(3,19-34)29(39)21(32)2)40-27(38)18-41-23-8-6-22(7-9-23)16-26(37)35-15-5-14-33/h6-9,20-21,25,28-29,39H,5,10-19,33-34H2,1-4H3,(H,35,37)/t20-,21+,25-,28+,29+,30-,31+,32+/m1/s1. The summed E-state index contributed by atoms with van der Waals surface area (Å²) in [5, 5.41) is 14.5. The van der Waals surface area contributed by atoms with Crippen LogP contribution < -0.4 is 16.8 Å². The molecule has 1 aromatic rings. The second kappa shape index (κ2) is 12.7. The fourth-order valence-corrected chi connectivity index (χ4v) is 8.86. The molecule has 4 rings (SSSR count). The summed E-state index contributed by atoms with van der Waals surface area (Å²) in [7, 11) is 0. The highest BCUT2D eigenvalue weighted by atomic mass is 32.2. The van der Waals surface area contributed by atoms with Gasteiger partial charge in [-0.1, -0.05) is 39.8 Å². The second-order valence-corrected chi connectivity index (χ2v) is 14.4. The Morgan fingerprint density at radius 2 is 1.85 bits per heavy atom. The summed E-state index contributed by atoms with van der Waals surface area (Å²) in [5.74, 6) is -0.109.